The van der Waals surface area contributed by atoms with Gasteiger partial charge in [0.15, 0.2) is 0 Å². The van der Waals surface area contributed by atoms with Crippen LogP contribution in [0.5, 0.6) is 0 Å². The summed E-state index contributed by atoms with van der Waals surface area (Å²) in [4.78, 5) is 0. The Morgan fingerprint density at radius 2 is 1.83 bits per heavy atom. The second-order valence-corrected chi connectivity index (χ2v) is 5.79. The Bertz CT molecular complexity index is 404. The maximum atomic E-state index is 13.4. The number of rotatable bonds is 3. The largest absolute Gasteiger partial charge is 0.313 e. The van der Waals surface area contributed by atoms with Crippen molar-refractivity contribution in [3.63, 3.8) is 0 Å². The average Bonchev–Trinajstić information content (AvgIpc) is 2.69. The van der Waals surface area contributed by atoms with E-state index in [9.17, 15) is 4.39 Å². The molecule has 0 saturated heterocycles. The Morgan fingerprint density at radius 3 is 2.28 bits per heavy atom. The van der Waals surface area contributed by atoms with Crippen LogP contribution >= 0.6 is 0 Å². The van der Waals surface area contributed by atoms with Gasteiger partial charge in [-0.1, -0.05) is 19.8 Å². The van der Waals surface area contributed by atoms with Gasteiger partial charge in [0.2, 0.25) is 0 Å². The first kappa shape index (κ1) is 13.5. The third-order valence-corrected chi connectivity index (χ3v) is 4.54. The van der Waals surface area contributed by atoms with E-state index in [1.165, 1.54) is 24.8 Å². The lowest BCUT2D eigenvalue weighted by Gasteiger charge is -2.29. The molecule has 3 atom stereocenters. The summed E-state index contributed by atoms with van der Waals surface area (Å²) in [7, 11) is 2.03. The summed E-state index contributed by atoms with van der Waals surface area (Å²) in [5.41, 5.74) is 3.45. The molecule has 1 nitrogen and oxygen atoms in total. The van der Waals surface area contributed by atoms with Crippen molar-refractivity contribution >= 4 is 0 Å². The fourth-order valence-electron chi connectivity index (χ4n) is 3.65. The summed E-state index contributed by atoms with van der Waals surface area (Å²) in [6, 6.07) is 3.68. The molecule has 3 unspecified atom stereocenters. The maximum absolute atomic E-state index is 13.4. The highest BCUT2D eigenvalue weighted by Crippen LogP contribution is 2.41. The lowest BCUT2D eigenvalue weighted by atomic mass is 9.82. The van der Waals surface area contributed by atoms with Crippen LogP contribution < -0.4 is 5.32 Å². The molecule has 1 fully saturated rings. The van der Waals surface area contributed by atoms with Crippen molar-refractivity contribution in [2.45, 2.75) is 46.1 Å². The van der Waals surface area contributed by atoms with Gasteiger partial charge in [-0.25, -0.2) is 4.39 Å². The van der Waals surface area contributed by atoms with Gasteiger partial charge in [-0.15, -0.1) is 0 Å². The lowest BCUT2D eigenvalue weighted by molar-refractivity contribution is 0.313. The van der Waals surface area contributed by atoms with E-state index in [4.69, 9.17) is 0 Å². The van der Waals surface area contributed by atoms with E-state index in [1.54, 1.807) is 12.1 Å². The van der Waals surface area contributed by atoms with Gasteiger partial charge in [0.25, 0.3) is 0 Å². The topological polar surface area (TPSA) is 12.0 Å². The summed E-state index contributed by atoms with van der Waals surface area (Å²) in [6.45, 7) is 6.39. The molecule has 1 aliphatic carbocycles. The Kier molecular flexibility index (Phi) is 4.06. The quantitative estimate of drug-likeness (QED) is 0.849. The second kappa shape index (κ2) is 5.40. The molecule has 0 spiro atoms. The molecule has 1 saturated carbocycles. The number of nitrogens with one attached hydrogen (secondary N) is 1. The summed E-state index contributed by atoms with van der Waals surface area (Å²) >= 11 is 0. The van der Waals surface area contributed by atoms with Crippen molar-refractivity contribution < 1.29 is 4.39 Å². The van der Waals surface area contributed by atoms with Gasteiger partial charge in [-0.3, -0.25) is 0 Å². The van der Waals surface area contributed by atoms with Gasteiger partial charge in [-0.05, 0) is 68.0 Å². The molecule has 1 aromatic rings. The molecule has 100 valence electrons. The molecule has 0 aliphatic heterocycles. The van der Waals surface area contributed by atoms with Crippen molar-refractivity contribution in [2.24, 2.45) is 11.8 Å². The third kappa shape index (κ3) is 2.44. The van der Waals surface area contributed by atoms with Crippen molar-refractivity contribution in [1.29, 1.82) is 0 Å². The van der Waals surface area contributed by atoms with Crippen molar-refractivity contribution in [1.82, 2.24) is 5.32 Å². The van der Waals surface area contributed by atoms with Crippen LogP contribution in [0.3, 0.4) is 0 Å². The van der Waals surface area contributed by atoms with E-state index < -0.39 is 0 Å². The van der Waals surface area contributed by atoms with Crippen molar-refractivity contribution in [2.75, 3.05) is 7.05 Å². The summed E-state index contributed by atoms with van der Waals surface area (Å²) < 4.78 is 13.4. The highest BCUT2D eigenvalue weighted by Gasteiger charge is 2.32. The molecule has 1 aromatic carbocycles. The van der Waals surface area contributed by atoms with Crippen LogP contribution in [0.25, 0.3) is 0 Å². The lowest BCUT2D eigenvalue weighted by Crippen LogP contribution is -2.28. The predicted octanol–water partition coefficient (Wildman–Crippen LogP) is 4.14. The van der Waals surface area contributed by atoms with Crippen LogP contribution in [0.2, 0.25) is 0 Å². The van der Waals surface area contributed by atoms with E-state index in [2.05, 4.69) is 12.2 Å². The third-order valence-electron chi connectivity index (χ3n) is 4.54. The van der Waals surface area contributed by atoms with Crippen LogP contribution in [-0.4, -0.2) is 7.05 Å². The first-order valence-electron chi connectivity index (χ1n) is 6.98. The van der Waals surface area contributed by atoms with E-state index in [0.717, 1.165) is 17.0 Å². The van der Waals surface area contributed by atoms with E-state index in [1.807, 2.05) is 20.9 Å². The van der Waals surface area contributed by atoms with Gasteiger partial charge in [0, 0.05) is 6.04 Å². The molecule has 0 aromatic heterocycles. The van der Waals surface area contributed by atoms with Crippen molar-refractivity contribution in [3.05, 3.63) is 34.6 Å². The number of hydrogen-bond acceptors (Lipinski definition) is 1. The number of benzene rings is 1. The van der Waals surface area contributed by atoms with Crippen LogP contribution in [0.1, 0.15) is 48.9 Å². The van der Waals surface area contributed by atoms with Crippen LogP contribution in [0.4, 0.5) is 4.39 Å². The number of halogens is 1. The normalized spacial score (nSPS) is 25.4. The van der Waals surface area contributed by atoms with Gasteiger partial charge >= 0.3 is 0 Å². The monoisotopic (exact) mass is 249 g/mol. The number of aryl methyl sites for hydroxylation is 2. The highest BCUT2D eigenvalue weighted by atomic mass is 19.1. The summed E-state index contributed by atoms with van der Waals surface area (Å²) in [6.07, 6.45) is 3.92. The van der Waals surface area contributed by atoms with Gasteiger partial charge < -0.3 is 5.32 Å². The SMILES string of the molecule is CNC(c1c(C)cc(F)cc1C)C1CCCC1C. The molecule has 0 radical (unpaired) electrons. The van der Waals surface area contributed by atoms with E-state index in [-0.39, 0.29) is 5.82 Å². The standard InChI is InChI=1S/C16H24FN/c1-10-6-5-7-14(10)16(18-4)15-11(2)8-13(17)9-12(15)3/h8-10,14,16,18H,5-7H2,1-4H3. The smallest absolute Gasteiger partial charge is 0.123 e. The zero-order chi connectivity index (χ0) is 13.3. The van der Waals surface area contributed by atoms with Crippen LogP contribution in [0, 0.1) is 31.5 Å². The Morgan fingerprint density at radius 1 is 1.22 bits per heavy atom. The molecule has 1 aliphatic rings. The Labute approximate surface area is 110 Å². The molecule has 18 heavy (non-hydrogen) atoms. The predicted molar refractivity (Wildman–Crippen MR) is 74.2 cm³/mol. The minimum Gasteiger partial charge on any atom is -0.313 e. The molecule has 0 amide bonds. The maximum Gasteiger partial charge on any atom is 0.123 e. The van der Waals surface area contributed by atoms with E-state index in [0.29, 0.717) is 12.0 Å². The van der Waals surface area contributed by atoms with Gasteiger partial charge in [0.05, 0.1) is 0 Å². The molecular weight excluding hydrogens is 225 g/mol. The molecule has 2 heteroatoms. The Hall–Kier alpha value is -0.890. The van der Waals surface area contributed by atoms with Crippen molar-refractivity contribution in [3.8, 4) is 0 Å². The van der Waals surface area contributed by atoms with E-state index >= 15 is 0 Å². The zero-order valence-electron chi connectivity index (χ0n) is 11.9. The minimum absolute atomic E-state index is 0.122. The molecule has 2 rings (SSSR count). The fourth-order valence-corrected chi connectivity index (χ4v) is 3.65. The van der Waals surface area contributed by atoms with Crippen LogP contribution in [0.15, 0.2) is 12.1 Å². The summed E-state index contributed by atoms with van der Waals surface area (Å²) in [5.74, 6) is 1.31. The molecule has 1 N–H and O–H groups in total. The highest BCUT2D eigenvalue weighted by molar-refractivity contribution is 5.37. The van der Waals surface area contributed by atoms with Gasteiger partial charge in [0.1, 0.15) is 5.82 Å². The van der Waals surface area contributed by atoms with Crippen LogP contribution in [-0.2, 0) is 0 Å². The van der Waals surface area contributed by atoms with Gasteiger partial charge in [-0.2, -0.15) is 0 Å². The Balaban J connectivity index is 2.38. The average molecular weight is 249 g/mol. The first-order valence-corrected chi connectivity index (χ1v) is 6.98. The molecular formula is C16H24FN. The molecule has 0 heterocycles. The second-order valence-electron chi connectivity index (χ2n) is 5.79. The molecule has 0 bridgehead atoms. The minimum atomic E-state index is -0.122. The fraction of sp³-hybridized carbons (Fsp3) is 0.625. The summed E-state index contributed by atoms with van der Waals surface area (Å²) in [5, 5.41) is 3.47. The first-order chi connectivity index (χ1) is 8.54. The number of hydrogen-bond donors (Lipinski definition) is 1. The zero-order valence-corrected chi connectivity index (χ0v) is 11.9.